The van der Waals surface area contributed by atoms with Gasteiger partial charge in [-0.1, -0.05) is 0 Å². The van der Waals surface area contributed by atoms with Crippen LogP contribution in [0.15, 0.2) is 18.2 Å². The highest BCUT2D eigenvalue weighted by Crippen LogP contribution is 2.36. The minimum absolute atomic E-state index is 0.153. The number of methoxy groups -OCH3 is 1. The number of carbonyl (C=O) groups is 1. The third-order valence-electron chi connectivity index (χ3n) is 2.07. The van der Waals surface area contributed by atoms with Crippen LogP contribution in [0.1, 0.15) is 22.3 Å². The van der Waals surface area contributed by atoms with Gasteiger partial charge in [0.2, 0.25) is 0 Å². The lowest BCUT2D eigenvalue weighted by molar-refractivity contribution is -0.138. The molecule has 0 spiro atoms. The van der Waals surface area contributed by atoms with Crippen LogP contribution in [0.4, 0.5) is 13.2 Å². The van der Waals surface area contributed by atoms with Crippen LogP contribution >= 0.6 is 0 Å². The molecule has 0 aliphatic carbocycles. The number of Topliss-reactive ketones (excluding diaryl/α,β-unsaturated/α-hetero) is 1. The largest absolute Gasteiger partial charge is 0.496 e. The van der Waals surface area contributed by atoms with Crippen molar-refractivity contribution in [1.29, 1.82) is 5.26 Å². The van der Waals surface area contributed by atoms with Gasteiger partial charge in [-0.05, 0) is 18.2 Å². The molecule has 0 aliphatic rings. The maximum atomic E-state index is 12.6. The van der Waals surface area contributed by atoms with E-state index in [0.29, 0.717) is 6.07 Å². The number of hydrogen-bond acceptors (Lipinski definition) is 3. The summed E-state index contributed by atoms with van der Waals surface area (Å²) in [5.74, 6) is -1.01. The highest BCUT2D eigenvalue weighted by molar-refractivity contribution is 5.97. The maximum Gasteiger partial charge on any atom is 0.419 e. The molecule has 0 saturated heterocycles. The average Bonchev–Trinajstić information content (AvgIpc) is 2.27. The minimum atomic E-state index is -4.60. The fraction of sp³-hybridized carbons (Fsp3) is 0.273. The zero-order valence-electron chi connectivity index (χ0n) is 8.84. The summed E-state index contributed by atoms with van der Waals surface area (Å²) in [5.41, 5.74) is -1.18. The molecule has 0 amide bonds. The van der Waals surface area contributed by atoms with Crippen molar-refractivity contribution in [2.45, 2.75) is 12.6 Å². The van der Waals surface area contributed by atoms with Gasteiger partial charge in [0, 0.05) is 5.56 Å². The molecule has 6 heteroatoms. The predicted octanol–water partition coefficient (Wildman–Crippen LogP) is 2.81. The van der Waals surface area contributed by atoms with Crippen molar-refractivity contribution < 1.29 is 22.7 Å². The summed E-state index contributed by atoms with van der Waals surface area (Å²) in [4.78, 5) is 11.3. The third kappa shape index (κ3) is 2.97. The van der Waals surface area contributed by atoms with Crippen LogP contribution in [0.2, 0.25) is 0 Å². The summed E-state index contributed by atoms with van der Waals surface area (Å²) in [7, 11) is 1.11. The van der Waals surface area contributed by atoms with Crippen molar-refractivity contribution in [3.05, 3.63) is 29.3 Å². The normalized spacial score (nSPS) is 10.8. The number of halogens is 3. The molecule has 3 nitrogen and oxygen atoms in total. The molecular weight excluding hydrogens is 235 g/mol. The molecule has 0 atom stereocenters. The van der Waals surface area contributed by atoms with Gasteiger partial charge >= 0.3 is 6.18 Å². The Morgan fingerprint density at radius 1 is 1.47 bits per heavy atom. The lowest BCUT2D eigenvalue weighted by Crippen LogP contribution is -2.09. The molecule has 0 heterocycles. The fourth-order valence-electron chi connectivity index (χ4n) is 1.28. The second-order valence-corrected chi connectivity index (χ2v) is 3.17. The molecule has 1 aromatic rings. The molecule has 0 radical (unpaired) electrons. The molecule has 0 N–H and O–H groups in total. The number of alkyl halides is 3. The summed E-state index contributed by atoms with van der Waals surface area (Å²) in [6, 6.07) is 4.55. The molecule has 0 aromatic heterocycles. The summed E-state index contributed by atoms with van der Waals surface area (Å²) < 4.78 is 42.4. The van der Waals surface area contributed by atoms with Crippen molar-refractivity contribution in [2.24, 2.45) is 0 Å². The van der Waals surface area contributed by atoms with Crippen LogP contribution in [0.3, 0.4) is 0 Å². The first-order chi connectivity index (χ1) is 7.90. The van der Waals surface area contributed by atoms with E-state index in [1.165, 1.54) is 6.07 Å². The van der Waals surface area contributed by atoms with Crippen molar-refractivity contribution in [3.63, 3.8) is 0 Å². The van der Waals surface area contributed by atoms with Gasteiger partial charge in [0.1, 0.15) is 5.75 Å². The number of nitriles is 1. The van der Waals surface area contributed by atoms with Crippen molar-refractivity contribution in [3.8, 4) is 11.8 Å². The SMILES string of the molecule is COc1ccc(C(=O)CC#N)cc1C(F)(F)F. The standard InChI is InChI=1S/C11H8F3NO2/c1-17-10-3-2-7(9(16)4-5-15)6-8(10)11(12,13)14/h2-3,6H,4H2,1H3. The van der Waals surface area contributed by atoms with Gasteiger partial charge in [-0.25, -0.2) is 0 Å². The number of ether oxygens (including phenoxy) is 1. The molecule has 17 heavy (non-hydrogen) atoms. The summed E-state index contributed by atoms with van der Waals surface area (Å²) in [5, 5.41) is 8.31. The number of benzene rings is 1. The zero-order valence-corrected chi connectivity index (χ0v) is 8.84. The molecule has 1 aromatic carbocycles. The number of ketones is 1. The van der Waals surface area contributed by atoms with E-state index in [-0.39, 0.29) is 11.3 Å². The Morgan fingerprint density at radius 3 is 2.59 bits per heavy atom. The quantitative estimate of drug-likeness (QED) is 0.767. The Hall–Kier alpha value is -2.03. The maximum absolute atomic E-state index is 12.6. The van der Waals surface area contributed by atoms with E-state index in [1.807, 2.05) is 0 Å². The zero-order chi connectivity index (χ0) is 13.1. The Kier molecular flexibility index (Phi) is 3.73. The minimum Gasteiger partial charge on any atom is -0.496 e. The van der Waals surface area contributed by atoms with E-state index in [9.17, 15) is 18.0 Å². The second-order valence-electron chi connectivity index (χ2n) is 3.17. The van der Waals surface area contributed by atoms with E-state index in [0.717, 1.165) is 13.2 Å². The lowest BCUT2D eigenvalue weighted by atomic mass is 10.0. The first kappa shape index (κ1) is 13.0. The van der Waals surface area contributed by atoms with Crippen LogP contribution in [0.25, 0.3) is 0 Å². The summed E-state index contributed by atoms with van der Waals surface area (Å²) in [6.07, 6.45) is -5.06. The Labute approximate surface area is 95.4 Å². The highest BCUT2D eigenvalue weighted by atomic mass is 19.4. The van der Waals surface area contributed by atoms with E-state index in [2.05, 4.69) is 4.74 Å². The second kappa shape index (κ2) is 4.87. The highest BCUT2D eigenvalue weighted by Gasteiger charge is 2.34. The molecular formula is C11H8F3NO2. The average molecular weight is 243 g/mol. The van der Waals surface area contributed by atoms with Gasteiger partial charge in [0.05, 0.1) is 25.2 Å². The molecule has 0 unspecified atom stereocenters. The molecule has 0 aliphatic heterocycles. The first-order valence-corrected chi connectivity index (χ1v) is 4.55. The third-order valence-corrected chi connectivity index (χ3v) is 2.07. The van der Waals surface area contributed by atoms with Gasteiger partial charge in [-0.3, -0.25) is 4.79 Å². The van der Waals surface area contributed by atoms with E-state index < -0.39 is 23.9 Å². The molecule has 0 fully saturated rings. The van der Waals surface area contributed by atoms with Crippen molar-refractivity contribution in [2.75, 3.05) is 7.11 Å². The Balaban J connectivity index is 3.24. The number of rotatable bonds is 3. The number of carbonyl (C=O) groups excluding carboxylic acids is 1. The van der Waals surface area contributed by atoms with E-state index in [1.54, 1.807) is 6.07 Å². The number of nitrogens with zero attached hydrogens (tertiary/aromatic N) is 1. The van der Waals surface area contributed by atoms with E-state index >= 15 is 0 Å². The topological polar surface area (TPSA) is 50.1 Å². The van der Waals surface area contributed by atoms with E-state index in [4.69, 9.17) is 5.26 Å². The molecule has 1 rings (SSSR count). The Morgan fingerprint density at radius 2 is 2.12 bits per heavy atom. The smallest absolute Gasteiger partial charge is 0.419 e. The Bertz CT molecular complexity index is 475. The van der Waals surface area contributed by atoms with Crippen LogP contribution in [0.5, 0.6) is 5.75 Å². The predicted molar refractivity (Wildman–Crippen MR) is 52.6 cm³/mol. The van der Waals surface area contributed by atoms with Gasteiger partial charge in [0.25, 0.3) is 0 Å². The van der Waals surface area contributed by atoms with Gasteiger partial charge < -0.3 is 4.74 Å². The van der Waals surface area contributed by atoms with Gasteiger partial charge in [0.15, 0.2) is 5.78 Å². The monoisotopic (exact) mass is 243 g/mol. The van der Waals surface area contributed by atoms with Crippen molar-refractivity contribution in [1.82, 2.24) is 0 Å². The lowest BCUT2D eigenvalue weighted by Gasteiger charge is -2.12. The van der Waals surface area contributed by atoms with Crippen molar-refractivity contribution >= 4 is 5.78 Å². The van der Waals surface area contributed by atoms with Gasteiger partial charge in [-0.15, -0.1) is 0 Å². The van der Waals surface area contributed by atoms with Crippen LogP contribution in [-0.2, 0) is 6.18 Å². The van der Waals surface area contributed by atoms with Crippen LogP contribution < -0.4 is 4.74 Å². The van der Waals surface area contributed by atoms with Crippen LogP contribution in [0, 0.1) is 11.3 Å². The van der Waals surface area contributed by atoms with Crippen LogP contribution in [-0.4, -0.2) is 12.9 Å². The first-order valence-electron chi connectivity index (χ1n) is 4.55. The van der Waals surface area contributed by atoms with Gasteiger partial charge in [-0.2, -0.15) is 18.4 Å². The number of hydrogen-bond donors (Lipinski definition) is 0. The molecule has 0 bridgehead atoms. The molecule has 90 valence electrons. The molecule has 0 saturated carbocycles. The fourth-order valence-corrected chi connectivity index (χ4v) is 1.28. The summed E-state index contributed by atoms with van der Waals surface area (Å²) >= 11 is 0. The summed E-state index contributed by atoms with van der Waals surface area (Å²) in [6.45, 7) is 0.